The third-order valence-electron chi connectivity index (χ3n) is 1.92. The normalized spacial score (nSPS) is 31.8. The monoisotopic (exact) mass is 174 g/mol. The van der Waals surface area contributed by atoms with Gasteiger partial charge < -0.3 is 10.2 Å². The van der Waals surface area contributed by atoms with Crippen molar-refractivity contribution < 1.29 is 0 Å². The first-order valence-electron chi connectivity index (χ1n) is 3.54. The van der Waals surface area contributed by atoms with Gasteiger partial charge >= 0.3 is 0 Å². The average molecular weight is 174 g/mol. The Morgan fingerprint density at radius 3 is 3.40 bits per heavy atom. The maximum absolute atomic E-state index is 5.14. The molecule has 0 aliphatic carbocycles. The van der Waals surface area contributed by atoms with Crippen LogP contribution in [-0.4, -0.2) is 34.2 Å². The van der Waals surface area contributed by atoms with Crippen LogP contribution in [0.1, 0.15) is 6.42 Å². The maximum Gasteiger partial charge on any atom is 0.169 e. The number of hydrogen-bond donors (Lipinski definition) is 1. The number of thiocarbonyl (C=S) groups is 1. The molecule has 10 heavy (non-hydrogen) atoms. The molecule has 0 aromatic carbocycles. The predicted octanol–water partition coefficient (Wildman–Crippen LogP) is 0.639. The van der Waals surface area contributed by atoms with Crippen molar-refractivity contribution >= 4 is 29.1 Å². The van der Waals surface area contributed by atoms with Crippen LogP contribution in [0, 0.1) is 0 Å². The fourth-order valence-corrected chi connectivity index (χ4v) is 3.03. The highest BCUT2D eigenvalue weighted by Gasteiger charge is 2.29. The molecule has 2 nitrogen and oxygen atoms in total. The van der Waals surface area contributed by atoms with Crippen molar-refractivity contribution in [1.82, 2.24) is 10.2 Å². The summed E-state index contributed by atoms with van der Waals surface area (Å²) in [5.74, 6) is 1.24. The van der Waals surface area contributed by atoms with Crippen LogP contribution in [0.2, 0.25) is 0 Å². The summed E-state index contributed by atoms with van der Waals surface area (Å²) in [6.07, 6.45) is 1.24. The van der Waals surface area contributed by atoms with E-state index in [2.05, 4.69) is 10.2 Å². The lowest BCUT2D eigenvalue weighted by Gasteiger charge is -2.31. The minimum atomic E-state index is 0.689. The molecule has 2 aliphatic heterocycles. The lowest BCUT2D eigenvalue weighted by atomic mass is 10.3. The Morgan fingerprint density at radius 2 is 2.60 bits per heavy atom. The highest BCUT2D eigenvalue weighted by Crippen LogP contribution is 2.27. The third-order valence-corrected chi connectivity index (χ3v) is 3.59. The molecular weight excluding hydrogens is 164 g/mol. The smallest absolute Gasteiger partial charge is 0.169 e. The Labute approximate surface area is 70.3 Å². The van der Waals surface area contributed by atoms with Crippen LogP contribution in [-0.2, 0) is 0 Å². The van der Waals surface area contributed by atoms with E-state index in [0.29, 0.717) is 5.37 Å². The number of fused-ring (bicyclic) bond motifs is 1. The molecule has 56 valence electrons. The van der Waals surface area contributed by atoms with E-state index in [1.165, 1.54) is 12.2 Å². The van der Waals surface area contributed by atoms with Crippen molar-refractivity contribution in [1.29, 1.82) is 0 Å². The minimum absolute atomic E-state index is 0.689. The molecule has 0 amide bonds. The zero-order valence-corrected chi connectivity index (χ0v) is 7.30. The summed E-state index contributed by atoms with van der Waals surface area (Å²) in [5.41, 5.74) is 0. The molecule has 0 bridgehead atoms. The van der Waals surface area contributed by atoms with Crippen LogP contribution in [0.15, 0.2) is 0 Å². The van der Waals surface area contributed by atoms with Crippen molar-refractivity contribution in [3.8, 4) is 0 Å². The van der Waals surface area contributed by atoms with Crippen LogP contribution >= 0.6 is 24.0 Å². The van der Waals surface area contributed by atoms with Crippen LogP contribution in [0.3, 0.4) is 0 Å². The van der Waals surface area contributed by atoms with Crippen LogP contribution in [0.25, 0.3) is 0 Å². The second-order valence-electron chi connectivity index (χ2n) is 2.54. The molecular formula is C6H10N2S2. The summed E-state index contributed by atoms with van der Waals surface area (Å²) < 4.78 is 0. The van der Waals surface area contributed by atoms with E-state index in [4.69, 9.17) is 12.2 Å². The highest BCUT2D eigenvalue weighted by atomic mass is 32.2. The maximum atomic E-state index is 5.14. The number of nitrogens with zero attached hydrogens (tertiary/aromatic N) is 1. The molecule has 0 saturated carbocycles. The van der Waals surface area contributed by atoms with Crippen molar-refractivity contribution in [3.05, 3.63) is 0 Å². The van der Waals surface area contributed by atoms with Crippen molar-refractivity contribution in [2.24, 2.45) is 0 Å². The zero-order chi connectivity index (χ0) is 6.97. The fourth-order valence-electron chi connectivity index (χ4n) is 1.40. The average Bonchev–Trinajstić information content (AvgIpc) is 2.36. The summed E-state index contributed by atoms with van der Waals surface area (Å²) in [4.78, 5) is 2.30. The summed E-state index contributed by atoms with van der Waals surface area (Å²) in [7, 11) is 0. The molecule has 4 heteroatoms. The number of thioether (sulfide) groups is 1. The second kappa shape index (κ2) is 2.58. The van der Waals surface area contributed by atoms with Crippen LogP contribution in [0.5, 0.6) is 0 Å². The van der Waals surface area contributed by atoms with Gasteiger partial charge in [-0.05, 0) is 18.6 Å². The molecule has 2 saturated heterocycles. The molecule has 0 aromatic heterocycles. The molecule has 0 radical (unpaired) electrons. The van der Waals surface area contributed by atoms with Gasteiger partial charge in [-0.1, -0.05) is 0 Å². The first-order valence-corrected chi connectivity index (χ1v) is 5.00. The molecule has 1 unspecified atom stereocenters. The van der Waals surface area contributed by atoms with Gasteiger partial charge in [0.05, 0.1) is 5.37 Å². The van der Waals surface area contributed by atoms with Gasteiger partial charge in [-0.3, -0.25) is 0 Å². The molecule has 2 fully saturated rings. The Balaban J connectivity index is 2.10. The van der Waals surface area contributed by atoms with Crippen molar-refractivity contribution in [3.63, 3.8) is 0 Å². The lowest BCUT2D eigenvalue weighted by Crippen LogP contribution is -2.48. The summed E-state index contributed by atoms with van der Waals surface area (Å²) in [6.45, 7) is 2.20. The number of nitrogens with one attached hydrogen (secondary N) is 1. The molecule has 0 spiro atoms. The van der Waals surface area contributed by atoms with Gasteiger partial charge in [0.15, 0.2) is 5.11 Å². The quantitative estimate of drug-likeness (QED) is 0.542. The van der Waals surface area contributed by atoms with E-state index in [-0.39, 0.29) is 0 Å². The number of hydrogen-bond acceptors (Lipinski definition) is 2. The molecule has 1 N–H and O–H groups in total. The fraction of sp³-hybridized carbons (Fsp3) is 0.833. The van der Waals surface area contributed by atoms with Gasteiger partial charge in [-0.25, -0.2) is 0 Å². The largest absolute Gasteiger partial charge is 0.362 e. The summed E-state index contributed by atoms with van der Waals surface area (Å²) in [6, 6.07) is 0. The van der Waals surface area contributed by atoms with Crippen molar-refractivity contribution in [2.45, 2.75) is 11.8 Å². The van der Waals surface area contributed by atoms with Gasteiger partial charge in [0.1, 0.15) is 0 Å². The van der Waals surface area contributed by atoms with E-state index in [0.717, 1.165) is 18.2 Å². The van der Waals surface area contributed by atoms with E-state index < -0.39 is 0 Å². The Kier molecular flexibility index (Phi) is 1.74. The summed E-state index contributed by atoms with van der Waals surface area (Å²) >= 11 is 7.17. The van der Waals surface area contributed by atoms with E-state index in [1.54, 1.807) is 0 Å². The van der Waals surface area contributed by atoms with Gasteiger partial charge in [0.25, 0.3) is 0 Å². The summed E-state index contributed by atoms with van der Waals surface area (Å²) in [5, 5.41) is 4.85. The van der Waals surface area contributed by atoms with E-state index in [9.17, 15) is 0 Å². The Bertz CT molecular complexity index is 160. The van der Waals surface area contributed by atoms with Gasteiger partial charge in [-0.2, -0.15) is 0 Å². The minimum Gasteiger partial charge on any atom is -0.362 e. The highest BCUT2D eigenvalue weighted by molar-refractivity contribution is 8.00. The first kappa shape index (κ1) is 6.73. The predicted molar refractivity (Wildman–Crippen MR) is 48.2 cm³/mol. The Hall–Kier alpha value is 0.0400. The van der Waals surface area contributed by atoms with E-state index >= 15 is 0 Å². The van der Waals surface area contributed by atoms with Gasteiger partial charge in [0, 0.05) is 18.8 Å². The van der Waals surface area contributed by atoms with Gasteiger partial charge in [-0.15, -0.1) is 11.8 Å². The molecule has 1 atom stereocenters. The van der Waals surface area contributed by atoms with Crippen LogP contribution < -0.4 is 5.32 Å². The molecule has 2 rings (SSSR count). The first-order chi connectivity index (χ1) is 4.88. The Morgan fingerprint density at radius 1 is 1.70 bits per heavy atom. The lowest BCUT2D eigenvalue weighted by molar-refractivity contribution is 0.384. The van der Waals surface area contributed by atoms with E-state index in [1.807, 2.05) is 11.8 Å². The standard InChI is InChI=1S/C6H10N2S2/c9-6-7-2-1-5-8(6)3-4-10-5/h5H,1-4H2,(H,7,9). The SMILES string of the molecule is S=C1NCCC2SCCN12. The zero-order valence-electron chi connectivity index (χ0n) is 5.67. The number of rotatable bonds is 0. The van der Waals surface area contributed by atoms with Crippen LogP contribution in [0.4, 0.5) is 0 Å². The molecule has 0 aromatic rings. The molecule has 2 heterocycles. The molecule has 2 aliphatic rings. The second-order valence-corrected chi connectivity index (χ2v) is 4.21. The topological polar surface area (TPSA) is 15.3 Å². The van der Waals surface area contributed by atoms with Crippen molar-refractivity contribution in [2.75, 3.05) is 18.8 Å². The van der Waals surface area contributed by atoms with Gasteiger partial charge in [0.2, 0.25) is 0 Å². The third kappa shape index (κ3) is 0.992.